The number of ether oxygens (including phenoxy) is 2. The Morgan fingerprint density at radius 3 is 3.18 bits per heavy atom. The molecule has 1 aromatic heterocycles. The summed E-state index contributed by atoms with van der Waals surface area (Å²) in [6, 6.07) is 6.08. The fraction of sp³-hybridized carbons (Fsp3) is 0.375. The lowest BCUT2D eigenvalue weighted by Gasteiger charge is -2.28. The minimum absolute atomic E-state index is 0.320. The van der Waals surface area contributed by atoms with E-state index in [-0.39, 0.29) is 0 Å². The van der Waals surface area contributed by atoms with Crippen LogP contribution in [0.15, 0.2) is 29.6 Å². The van der Waals surface area contributed by atoms with Crippen molar-refractivity contribution in [2.45, 2.75) is 24.7 Å². The van der Waals surface area contributed by atoms with Gasteiger partial charge in [0.2, 0.25) is 6.79 Å². The first-order valence-corrected chi connectivity index (χ1v) is 8.54. The highest BCUT2D eigenvalue weighted by molar-refractivity contribution is 7.98. The van der Waals surface area contributed by atoms with E-state index in [1.807, 2.05) is 24.6 Å². The lowest BCUT2D eigenvalue weighted by Crippen LogP contribution is -2.31. The molecular weight excluding hydrogens is 298 g/mol. The fourth-order valence-corrected chi connectivity index (χ4v) is 3.31. The lowest BCUT2D eigenvalue weighted by atomic mass is 10.1. The minimum Gasteiger partial charge on any atom is -0.454 e. The summed E-state index contributed by atoms with van der Waals surface area (Å²) in [7, 11) is 0. The zero-order chi connectivity index (χ0) is 14.9. The third-order valence-corrected chi connectivity index (χ3v) is 4.61. The zero-order valence-electron chi connectivity index (χ0n) is 12.4. The Labute approximate surface area is 133 Å². The van der Waals surface area contributed by atoms with Crippen molar-refractivity contribution in [3.63, 3.8) is 0 Å². The highest BCUT2D eigenvalue weighted by Crippen LogP contribution is 2.36. The standard InChI is InChI=1S/C16H17N3O2S/c1-22-16-17-7-12-9-19(6-5-13(12)18-16)8-11-3-2-4-14-15(11)21-10-20-14/h2-4,7H,5-6,8-10H2,1H3. The topological polar surface area (TPSA) is 47.5 Å². The highest BCUT2D eigenvalue weighted by Gasteiger charge is 2.22. The largest absolute Gasteiger partial charge is 0.454 e. The van der Waals surface area contributed by atoms with Crippen LogP contribution < -0.4 is 9.47 Å². The molecule has 0 radical (unpaired) electrons. The number of para-hydroxylation sites is 1. The van der Waals surface area contributed by atoms with Gasteiger partial charge in [-0.3, -0.25) is 4.90 Å². The summed E-state index contributed by atoms with van der Waals surface area (Å²) in [6.45, 7) is 3.06. The molecule has 0 fully saturated rings. The van der Waals surface area contributed by atoms with Gasteiger partial charge in [0.15, 0.2) is 16.7 Å². The Morgan fingerprint density at radius 1 is 1.32 bits per heavy atom. The van der Waals surface area contributed by atoms with Crippen molar-refractivity contribution in [3.8, 4) is 11.5 Å². The molecule has 0 N–H and O–H groups in total. The second-order valence-corrected chi connectivity index (χ2v) is 6.21. The van der Waals surface area contributed by atoms with Gasteiger partial charge in [-0.05, 0) is 12.3 Å². The van der Waals surface area contributed by atoms with Gasteiger partial charge in [0, 0.05) is 43.4 Å². The van der Waals surface area contributed by atoms with Gasteiger partial charge >= 0.3 is 0 Å². The average Bonchev–Trinajstić information content (AvgIpc) is 3.04. The molecule has 22 heavy (non-hydrogen) atoms. The number of hydrogen-bond donors (Lipinski definition) is 0. The molecule has 3 heterocycles. The van der Waals surface area contributed by atoms with Crippen molar-refractivity contribution in [1.82, 2.24) is 14.9 Å². The van der Waals surface area contributed by atoms with Crippen molar-refractivity contribution >= 4 is 11.8 Å². The van der Waals surface area contributed by atoms with Crippen molar-refractivity contribution in [2.75, 3.05) is 19.6 Å². The lowest BCUT2D eigenvalue weighted by molar-refractivity contribution is 0.171. The average molecular weight is 315 g/mol. The first-order chi connectivity index (χ1) is 10.8. The Hall–Kier alpha value is -1.79. The van der Waals surface area contributed by atoms with Crippen molar-refractivity contribution in [2.24, 2.45) is 0 Å². The van der Waals surface area contributed by atoms with Crippen LogP contribution in [-0.2, 0) is 19.5 Å². The Bertz CT molecular complexity index is 708. The second kappa shape index (κ2) is 5.78. The van der Waals surface area contributed by atoms with Crippen molar-refractivity contribution < 1.29 is 9.47 Å². The van der Waals surface area contributed by atoms with E-state index in [0.29, 0.717) is 6.79 Å². The van der Waals surface area contributed by atoms with Crippen LogP contribution in [0.5, 0.6) is 11.5 Å². The number of aromatic nitrogens is 2. The van der Waals surface area contributed by atoms with Crippen LogP contribution in [0, 0.1) is 0 Å². The van der Waals surface area contributed by atoms with E-state index in [1.54, 1.807) is 11.8 Å². The Morgan fingerprint density at radius 2 is 2.27 bits per heavy atom. The summed E-state index contributed by atoms with van der Waals surface area (Å²) in [5.41, 5.74) is 3.60. The third kappa shape index (κ3) is 2.53. The van der Waals surface area contributed by atoms with Crippen LogP contribution in [0.25, 0.3) is 0 Å². The molecule has 0 spiro atoms. The van der Waals surface area contributed by atoms with Crippen LogP contribution in [0.1, 0.15) is 16.8 Å². The SMILES string of the molecule is CSc1ncc2c(n1)CCN(Cc1cccc3c1OCO3)C2. The summed E-state index contributed by atoms with van der Waals surface area (Å²) in [4.78, 5) is 11.4. The van der Waals surface area contributed by atoms with Crippen LogP contribution in [0.4, 0.5) is 0 Å². The van der Waals surface area contributed by atoms with E-state index in [4.69, 9.17) is 9.47 Å². The van der Waals surface area contributed by atoms with Crippen LogP contribution in [0.2, 0.25) is 0 Å². The predicted molar refractivity (Wildman–Crippen MR) is 84.2 cm³/mol. The van der Waals surface area contributed by atoms with Gasteiger partial charge in [0.25, 0.3) is 0 Å². The van der Waals surface area contributed by atoms with E-state index in [9.17, 15) is 0 Å². The molecule has 2 aromatic rings. The van der Waals surface area contributed by atoms with Crippen LogP contribution in [0.3, 0.4) is 0 Å². The van der Waals surface area contributed by atoms with Crippen LogP contribution in [-0.4, -0.2) is 34.5 Å². The molecule has 0 aliphatic carbocycles. The van der Waals surface area contributed by atoms with E-state index in [2.05, 4.69) is 20.9 Å². The van der Waals surface area contributed by atoms with Gasteiger partial charge in [-0.15, -0.1) is 0 Å². The Balaban J connectivity index is 1.52. The summed E-state index contributed by atoms with van der Waals surface area (Å²) < 4.78 is 11.0. The molecule has 114 valence electrons. The highest BCUT2D eigenvalue weighted by atomic mass is 32.2. The van der Waals surface area contributed by atoms with Crippen LogP contribution >= 0.6 is 11.8 Å². The monoisotopic (exact) mass is 315 g/mol. The molecule has 0 bridgehead atoms. The fourth-order valence-electron chi connectivity index (χ4n) is 2.95. The van der Waals surface area contributed by atoms with E-state index in [0.717, 1.165) is 42.7 Å². The predicted octanol–water partition coefficient (Wildman–Crippen LogP) is 2.49. The zero-order valence-corrected chi connectivity index (χ0v) is 13.2. The number of thioether (sulfide) groups is 1. The number of rotatable bonds is 3. The van der Waals surface area contributed by atoms with E-state index in [1.165, 1.54) is 16.8 Å². The van der Waals surface area contributed by atoms with Gasteiger partial charge in [-0.1, -0.05) is 23.9 Å². The molecule has 0 saturated carbocycles. The maximum Gasteiger partial charge on any atom is 0.231 e. The molecular formula is C16H17N3O2S. The van der Waals surface area contributed by atoms with E-state index >= 15 is 0 Å². The van der Waals surface area contributed by atoms with Crippen molar-refractivity contribution in [3.05, 3.63) is 41.2 Å². The number of fused-ring (bicyclic) bond motifs is 2. The summed E-state index contributed by atoms with van der Waals surface area (Å²) in [6.07, 6.45) is 4.95. The summed E-state index contributed by atoms with van der Waals surface area (Å²) >= 11 is 1.59. The molecule has 5 nitrogen and oxygen atoms in total. The summed E-state index contributed by atoms with van der Waals surface area (Å²) in [5, 5.41) is 0.860. The summed E-state index contributed by atoms with van der Waals surface area (Å²) in [5.74, 6) is 1.74. The quantitative estimate of drug-likeness (QED) is 0.640. The molecule has 1 aromatic carbocycles. The smallest absolute Gasteiger partial charge is 0.231 e. The molecule has 2 aliphatic rings. The van der Waals surface area contributed by atoms with Crippen molar-refractivity contribution in [1.29, 1.82) is 0 Å². The molecule has 0 atom stereocenters. The first kappa shape index (κ1) is 13.8. The number of nitrogens with zero attached hydrogens (tertiary/aromatic N) is 3. The van der Waals surface area contributed by atoms with Gasteiger partial charge in [-0.2, -0.15) is 0 Å². The van der Waals surface area contributed by atoms with Gasteiger partial charge in [0.1, 0.15) is 0 Å². The van der Waals surface area contributed by atoms with Gasteiger partial charge in [0.05, 0.1) is 5.69 Å². The van der Waals surface area contributed by atoms with Gasteiger partial charge in [-0.25, -0.2) is 9.97 Å². The normalized spacial score (nSPS) is 16.6. The second-order valence-electron chi connectivity index (χ2n) is 5.44. The molecule has 2 aliphatic heterocycles. The third-order valence-electron chi connectivity index (χ3n) is 4.05. The van der Waals surface area contributed by atoms with E-state index < -0.39 is 0 Å². The maximum absolute atomic E-state index is 5.59. The number of benzene rings is 1. The Kier molecular flexibility index (Phi) is 3.63. The molecule has 4 rings (SSSR count). The minimum atomic E-state index is 0.320. The maximum atomic E-state index is 5.59. The van der Waals surface area contributed by atoms with Gasteiger partial charge < -0.3 is 9.47 Å². The molecule has 0 unspecified atom stereocenters. The molecule has 6 heteroatoms. The first-order valence-electron chi connectivity index (χ1n) is 7.32. The number of hydrogen-bond acceptors (Lipinski definition) is 6. The molecule has 0 saturated heterocycles. The molecule has 0 amide bonds.